The highest BCUT2D eigenvalue weighted by molar-refractivity contribution is 6.31. The van der Waals surface area contributed by atoms with Crippen molar-refractivity contribution in [2.75, 3.05) is 0 Å². The molecule has 0 heterocycles. The Morgan fingerprint density at radius 1 is 1.56 bits per heavy atom. The molecule has 0 aliphatic rings. The van der Waals surface area contributed by atoms with Gasteiger partial charge in [0.15, 0.2) is 0 Å². The van der Waals surface area contributed by atoms with Crippen molar-refractivity contribution in [1.29, 1.82) is 5.26 Å². The van der Waals surface area contributed by atoms with Gasteiger partial charge in [-0.05, 0) is 24.1 Å². The van der Waals surface area contributed by atoms with Gasteiger partial charge in [-0.25, -0.2) is 0 Å². The topological polar surface area (TPSA) is 52.9 Å². The van der Waals surface area contributed by atoms with E-state index in [1.807, 2.05) is 13.0 Å². The van der Waals surface area contributed by atoms with Gasteiger partial charge in [-0.1, -0.05) is 24.6 Å². The van der Waals surface area contributed by atoms with Gasteiger partial charge in [0, 0.05) is 18.0 Å². The van der Waals surface area contributed by atoms with Crippen molar-refractivity contribution in [3.8, 4) is 6.07 Å². The minimum Gasteiger partial charge on any atom is -0.352 e. The average Bonchev–Trinajstić information content (AvgIpc) is 2.27. The summed E-state index contributed by atoms with van der Waals surface area (Å²) in [5.74, 6) is 0.0166. The molecule has 0 aromatic heterocycles. The quantitative estimate of drug-likeness (QED) is 0.874. The number of amides is 1. The maximum absolute atomic E-state index is 11.2. The molecule has 0 unspecified atom stereocenters. The first kappa shape index (κ1) is 12.5. The van der Waals surface area contributed by atoms with E-state index in [2.05, 4.69) is 5.32 Å². The van der Waals surface area contributed by atoms with Gasteiger partial charge in [-0.3, -0.25) is 4.79 Å². The van der Waals surface area contributed by atoms with Crippen LogP contribution in [0.25, 0.3) is 0 Å². The van der Waals surface area contributed by atoms with Gasteiger partial charge in [0.05, 0.1) is 11.6 Å². The van der Waals surface area contributed by atoms with Crippen LogP contribution in [0.2, 0.25) is 5.02 Å². The zero-order valence-corrected chi connectivity index (χ0v) is 9.84. The van der Waals surface area contributed by atoms with Crippen LogP contribution in [0.5, 0.6) is 0 Å². The number of carbonyl (C=O) groups is 1. The summed E-state index contributed by atoms with van der Waals surface area (Å²) in [6.45, 7) is 2.36. The third-order valence-electron chi connectivity index (χ3n) is 2.14. The summed E-state index contributed by atoms with van der Waals surface area (Å²) in [6.07, 6.45) is 1.35. The Bertz CT molecular complexity index is 424. The summed E-state index contributed by atoms with van der Waals surface area (Å²) in [7, 11) is 0. The van der Waals surface area contributed by atoms with Crippen LogP contribution in [-0.4, -0.2) is 5.91 Å². The molecule has 0 fully saturated rings. The van der Waals surface area contributed by atoms with Crippen LogP contribution < -0.4 is 5.32 Å². The Labute approximate surface area is 100 Å². The third kappa shape index (κ3) is 3.56. The summed E-state index contributed by atoms with van der Waals surface area (Å²) < 4.78 is 0. The molecule has 0 aliphatic carbocycles. The van der Waals surface area contributed by atoms with Gasteiger partial charge in [-0.15, -0.1) is 0 Å². The van der Waals surface area contributed by atoms with E-state index in [9.17, 15) is 4.79 Å². The largest absolute Gasteiger partial charge is 0.352 e. The normalized spacial score (nSPS) is 9.56. The first-order chi connectivity index (χ1) is 7.67. The van der Waals surface area contributed by atoms with E-state index in [0.29, 0.717) is 23.6 Å². The van der Waals surface area contributed by atoms with Crippen molar-refractivity contribution in [3.05, 3.63) is 34.3 Å². The van der Waals surface area contributed by atoms with Crippen molar-refractivity contribution in [2.24, 2.45) is 0 Å². The Balaban J connectivity index is 2.62. The minimum absolute atomic E-state index is 0.0166. The predicted molar refractivity (Wildman–Crippen MR) is 62.9 cm³/mol. The van der Waals surface area contributed by atoms with Crippen molar-refractivity contribution in [2.45, 2.75) is 26.3 Å². The van der Waals surface area contributed by atoms with E-state index in [4.69, 9.17) is 16.9 Å². The molecule has 0 saturated heterocycles. The Hall–Kier alpha value is -1.53. The molecular weight excluding hydrogens is 224 g/mol. The fraction of sp³-hybridized carbons (Fsp3) is 0.333. The molecule has 1 N–H and O–H groups in total. The maximum atomic E-state index is 11.2. The summed E-state index contributed by atoms with van der Waals surface area (Å²) in [5, 5.41) is 11.9. The van der Waals surface area contributed by atoms with Crippen molar-refractivity contribution in [3.63, 3.8) is 0 Å². The molecule has 0 spiro atoms. The monoisotopic (exact) mass is 236 g/mol. The maximum Gasteiger partial charge on any atom is 0.220 e. The Morgan fingerprint density at radius 3 is 2.88 bits per heavy atom. The highest BCUT2D eigenvalue weighted by atomic mass is 35.5. The second-order valence-electron chi connectivity index (χ2n) is 3.44. The van der Waals surface area contributed by atoms with Crippen LogP contribution in [-0.2, 0) is 11.3 Å². The molecule has 1 aromatic carbocycles. The van der Waals surface area contributed by atoms with Gasteiger partial charge in [-0.2, -0.15) is 5.26 Å². The number of nitrogens with zero attached hydrogens (tertiary/aromatic N) is 1. The smallest absolute Gasteiger partial charge is 0.220 e. The number of carbonyl (C=O) groups excluding carboxylic acids is 1. The van der Waals surface area contributed by atoms with Gasteiger partial charge < -0.3 is 5.32 Å². The lowest BCUT2D eigenvalue weighted by Gasteiger charge is -2.06. The lowest BCUT2D eigenvalue weighted by atomic mass is 10.1. The molecule has 1 rings (SSSR count). The van der Waals surface area contributed by atoms with E-state index < -0.39 is 0 Å². The van der Waals surface area contributed by atoms with Crippen molar-refractivity contribution < 1.29 is 4.79 Å². The summed E-state index contributed by atoms with van der Waals surface area (Å²) in [4.78, 5) is 11.2. The highest BCUT2D eigenvalue weighted by Crippen LogP contribution is 2.17. The van der Waals surface area contributed by atoms with E-state index in [1.165, 1.54) is 0 Å². The number of halogens is 1. The number of benzene rings is 1. The van der Waals surface area contributed by atoms with Crippen LogP contribution in [0.15, 0.2) is 18.2 Å². The second-order valence-corrected chi connectivity index (χ2v) is 3.85. The van der Waals surface area contributed by atoms with Crippen molar-refractivity contribution >= 4 is 17.5 Å². The number of rotatable bonds is 4. The second kappa shape index (κ2) is 6.14. The molecular formula is C12H13ClN2O. The van der Waals surface area contributed by atoms with E-state index >= 15 is 0 Å². The predicted octanol–water partition coefficient (Wildman–Crippen LogP) is 2.63. The molecule has 0 aliphatic heterocycles. The van der Waals surface area contributed by atoms with Crippen molar-refractivity contribution in [1.82, 2.24) is 5.32 Å². The zero-order valence-electron chi connectivity index (χ0n) is 9.09. The lowest BCUT2D eigenvalue weighted by Crippen LogP contribution is -2.22. The zero-order chi connectivity index (χ0) is 12.0. The highest BCUT2D eigenvalue weighted by Gasteiger charge is 2.04. The molecule has 0 atom stereocenters. The van der Waals surface area contributed by atoms with Crippen LogP contribution >= 0.6 is 11.6 Å². The SMILES string of the molecule is CCCC(=O)NCc1ccc(C#N)cc1Cl. The lowest BCUT2D eigenvalue weighted by molar-refractivity contribution is -0.121. The molecule has 1 amide bonds. The fourth-order valence-corrected chi connectivity index (χ4v) is 1.52. The Morgan fingerprint density at radius 2 is 2.31 bits per heavy atom. The summed E-state index contributed by atoms with van der Waals surface area (Å²) >= 11 is 5.97. The van der Waals surface area contributed by atoms with E-state index in [-0.39, 0.29) is 5.91 Å². The molecule has 16 heavy (non-hydrogen) atoms. The summed E-state index contributed by atoms with van der Waals surface area (Å²) in [5.41, 5.74) is 1.35. The number of hydrogen-bond acceptors (Lipinski definition) is 2. The number of nitriles is 1. The van der Waals surface area contributed by atoms with E-state index in [0.717, 1.165) is 12.0 Å². The molecule has 84 valence electrons. The van der Waals surface area contributed by atoms with Crippen LogP contribution in [0.1, 0.15) is 30.9 Å². The molecule has 0 radical (unpaired) electrons. The van der Waals surface area contributed by atoms with Gasteiger partial charge in [0.25, 0.3) is 0 Å². The molecule has 4 heteroatoms. The molecule has 0 saturated carbocycles. The van der Waals surface area contributed by atoms with Gasteiger partial charge in [0.1, 0.15) is 0 Å². The van der Waals surface area contributed by atoms with Crippen LogP contribution in [0.3, 0.4) is 0 Å². The molecule has 3 nitrogen and oxygen atoms in total. The summed E-state index contributed by atoms with van der Waals surface area (Å²) in [6, 6.07) is 7.05. The first-order valence-electron chi connectivity index (χ1n) is 5.12. The van der Waals surface area contributed by atoms with Gasteiger partial charge in [0.2, 0.25) is 5.91 Å². The average molecular weight is 237 g/mol. The first-order valence-corrected chi connectivity index (χ1v) is 5.50. The fourth-order valence-electron chi connectivity index (χ4n) is 1.27. The van der Waals surface area contributed by atoms with Crippen LogP contribution in [0, 0.1) is 11.3 Å². The third-order valence-corrected chi connectivity index (χ3v) is 2.49. The number of nitrogens with one attached hydrogen (secondary N) is 1. The van der Waals surface area contributed by atoms with E-state index in [1.54, 1.807) is 18.2 Å². The molecule has 1 aromatic rings. The minimum atomic E-state index is 0.0166. The standard InChI is InChI=1S/C12H13ClN2O/c1-2-3-12(16)15-8-10-5-4-9(7-14)6-11(10)13/h4-6H,2-3,8H2,1H3,(H,15,16). The van der Waals surface area contributed by atoms with Gasteiger partial charge >= 0.3 is 0 Å². The molecule has 0 bridgehead atoms. The Kier molecular flexibility index (Phi) is 4.81. The number of hydrogen-bond donors (Lipinski definition) is 1. The van der Waals surface area contributed by atoms with Crippen LogP contribution in [0.4, 0.5) is 0 Å².